The highest BCUT2D eigenvalue weighted by molar-refractivity contribution is 5.98. The van der Waals surface area contributed by atoms with Crippen LogP contribution < -0.4 is 5.43 Å². The highest BCUT2D eigenvalue weighted by Crippen LogP contribution is 2.17. The number of carbonyl (C=O) groups is 1. The fourth-order valence-corrected chi connectivity index (χ4v) is 2.44. The van der Waals surface area contributed by atoms with Crippen LogP contribution in [0.5, 0.6) is 0 Å². The number of hydrazone groups is 1. The zero-order valence-corrected chi connectivity index (χ0v) is 13.2. The van der Waals surface area contributed by atoms with Crippen molar-refractivity contribution in [2.24, 2.45) is 5.10 Å². The van der Waals surface area contributed by atoms with Crippen LogP contribution in [0.15, 0.2) is 41.5 Å². The summed E-state index contributed by atoms with van der Waals surface area (Å²) in [5, 5.41) is 14.9. The second-order valence-electron chi connectivity index (χ2n) is 5.29. The maximum Gasteiger partial charge on any atom is 0.282 e. The molecule has 23 heavy (non-hydrogen) atoms. The molecule has 0 aliphatic rings. The molecule has 1 N–H and O–H groups in total. The lowest BCUT2D eigenvalue weighted by molar-refractivity contribution is -0.385. The Kier molecular flexibility index (Phi) is 4.85. The van der Waals surface area contributed by atoms with E-state index in [1.54, 1.807) is 12.3 Å². The van der Waals surface area contributed by atoms with Crippen LogP contribution in [0.3, 0.4) is 0 Å². The van der Waals surface area contributed by atoms with Gasteiger partial charge in [0.1, 0.15) is 5.56 Å². The number of rotatable bonds is 4. The molecule has 0 aromatic heterocycles. The molecule has 1 amide bonds. The molecule has 0 heterocycles. The van der Waals surface area contributed by atoms with E-state index in [4.69, 9.17) is 0 Å². The minimum Gasteiger partial charge on any atom is -0.267 e. The van der Waals surface area contributed by atoms with Crippen molar-refractivity contribution < 1.29 is 9.72 Å². The van der Waals surface area contributed by atoms with Crippen LogP contribution in [0.1, 0.15) is 32.6 Å². The van der Waals surface area contributed by atoms with E-state index in [0.717, 1.165) is 22.3 Å². The Hall–Kier alpha value is -3.02. The van der Waals surface area contributed by atoms with Gasteiger partial charge < -0.3 is 0 Å². The highest BCUT2D eigenvalue weighted by atomic mass is 16.6. The molecular weight excluding hydrogens is 294 g/mol. The molecule has 0 bridgehead atoms. The number of hydrogen-bond donors (Lipinski definition) is 1. The van der Waals surface area contributed by atoms with Crippen molar-refractivity contribution in [3.8, 4) is 0 Å². The molecule has 0 saturated carbocycles. The SMILES string of the molecule is Cc1cc(C)c(/C=N/NC(=O)c2ccccc2[N+](=O)[O-])c(C)c1. The van der Waals surface area contributed by atoms with Crippen LogP contribution in [-0.2, 0) is 0 Å². The number of aryl methyl sites for hydroxylation is 3. The molecule has 0 aliphatic carbocycles. The Morgan fingerprint density at radius 3 is 2.39 bits per heavy atom. The Labute approximate surface area is 134 Å². The number of hydrogen-bond acceptors (Lipinski definition) is 4. The van der Waals surface area contributed by atoms with Gasteiger partial charge in [0, 0.05) is 11.6 Å². The van der Waals surface area contributed by atoms with Crippen LogP contribution in [0, 0.1) is 30.9 Å². The van der Waals surface area contributed by atoms with Crippen molar-refractivity contribution in [3.05, 3.63) is 74.3 Å². The molecule has 0 radical (unpaired) electrons. The second-order valence-corrected chi connectivity index (χ2v) is 5.29. The molecule has 0 saturated heterocycles. The van der Waals surface area contributed by atoms with E-state index in [1.165, 1.54) is 18.2 Å². The molecule has 6 heteroatoms. The molecule has 6 nitrogen and oxygen atoms in total. The summed E-state index contributed by atoms with van der Waals surface area (Å²) in [6, 6.07) is 9.81. The number of nitro benzene ring substituents is 1. The lowest BCUT2D eigenvalue weighted by Gasteiger charge is -2.06. The zero-order chi connectivity index (χ0) is 17.0. The van der Waals surface area contributed by atoms with Crippen molar-refractivity contribution in [3.63, 3.8) is 0 Å². The molecule has 2 aromatic carbocycles. The van der Waals surface area contributed by atoms with E-state index in [-0.39, 0.29) is 11.3 Å². The monoisotopic (exact) mass is 311 g/mol. The largest absolute Gasteiger partial charge is 0.282 e. The van der Waals surface area contributed by atoms with E-state index in [2.05, 4.69) is 10.5 Å². The molecule has 0 fully saturated rings. The van der Waals surface area contributed by atoms with Gasteiger partial charge in [-0.05, 0) is 38.0 Å². The summed E-state index contributed by atoms with van der Waals surface area (Å²) < 4.78 is 0. The fourth-order valence-electron chi connectivity index (χ4n) is 2.44. The first kappa shape index (κ1) is 16.4. The maximum atomic E-state index is 12.1. The zero-order valence-electron chi connectivity index (χ0n) is 13.2. The average Bonchev–Trinajstić information content (AvgIpc) is 2.49. The number of nitrogens with zero attached hydrogens (tertiary/aromatic N) is 2. The third-order valence-corrected chi connectivity index (χ3v) is 3.44. The summed E-state index contributed by atoms with van der Waals surface area (Å²) in [6.07, 6.45) is 1.55. The molecular formula is C17H17N3O3. The van der Waals surface area contributed by atoms with Crippen LogP contribution >= 0.6 is 0 Å². The van der Waals surface area contributed by atoms with Crippen molar-refractivity contribution in [1.29, 1.82) is 0 Å². The van der Waals surface area contributed by atoms with Gasteiger partial charge in [-0.15, -0.1) is 0 Å². The fraction of sp³-hybridized carbons (Fsp3) is 0.176. The first-order valence-electron chi connectivity index (χ1n) is 7.05. The summed E-state index contributed by atoms with van der Waals surface area (Å²) in [6.45, 7) is 5.94. The number of carbonyl (C=O) groups excluding carboxylic acids is 1. The van der Waals surface area contributed by atoms with Gasteiger partial charge in [-0.25, -0.2) is 5.43 Å². The van der Waals surface area contributed by atoms with Crippen molar-refractivity contribution in [1.82, 2.24) is 5.43 Å². The Balaban J connectivity index is 2.19. The molecule has 0 spiro atoms. The standard InChI is InChI=1S/C17H17N3O3/c1-11-8-12(2)15(13(3)9-11)10-18-19-17(21)14-6-4-5-7-16(14)20(22)23/h4-10H,1-3H3,(H,19,21)/b18-10+. The molecule has 0 unspecified atom stereocenters. The van der Waals surface area contributed by atoms with Gasteiger partial charge in [0.15, 0.2) is 0 Å². The minimum atomic E-state index is -0.615. The quantitative estimate of drug-likeness (QED) is 0.534. The van der Waals surface area contributed by atoms with Crippen molar-refractivity contribution in [2.75, 3.05) is 0 Å². The normalized spacial score (nSPS) is 10.7. The highest BCUT2D eigenvalue weighted by Gasteiger charge is 2.18. The molecule has 2 rings (SSSR count). The van der Waals surface area contributed by atoms with Crippen molar-refractivity contribution in [2.45, 2.75) is 20.8 Å². The van der Waals surface area contributed by atoms with Crippen molar-refractivity contribution >= 4 is 17.8 Å². The summed E-state index contributed by atoms with van der Waals surface area (Å²) in [5.74, 6) is -0.615. The second kappa shape index (κ2) is 6.83. The lowest BCUT2D eigenvalue weighted by atomic mass is 10.0. The van der Waals surface area contributed by atoms with Gasteiger partial charge in [0.2, 0.25) is 0 Å². The lowest BCUT2D eigenvalue weighted by Crippen LogP contribution is -2.19. The third kappa shape index (κ3) is 3.79. The molecule has 0 aliphatic heterocycles. The Morgan fingerprint density at radius 2 is 1.78 bits per heavy atom. The summed E-state index contributed by atoms with van der Waals surface area (Å²) >= 11 is 0. The van der Waals surface area contributed by atoms with Gasteiger partial charge in [0.05, 0.1) is 11.1 Å². The first-order chi connectivity index (χ1) is 10.9. The van der Waals surface area contributed by atoms with Gasteiger partial charge in [0.25, 0.3) is 11.6 Å². The minimum absolute atomic E-state index is 0.0213. The van der Waals surface area contributed by atoms with E-state index in [0.29, 0.717) is 0 Å². The Bertz CT molecular complexity index is 774. The van der Waals surface area contributed by atoms with Gasteiger partial charge in [-0.3, -0.25) is 14.9 Å². The number of nitro groups is 1. The van der Waals surface area contributed by atoms with Gasteiger partial charge in [-0.1, -0.05) is 29.8 Å². The average molecular weight is 311 g/mol. The van der Waals surface area contributed by atoms with Gasteiger partial charge in [-0.2, -0.15) is 5.10 Å². The van der Waals surface area contributed by atoms with E-state index in [9.17, 15) is 14.9 Å². The first-order valence-corrected chi connectivity index (χ1v) is 7.05. The van der Waals surface area contributed by atoms with Crippen LogP contribution in [0.4, 0.5) is 5.69 Å². The van der Waals surface area contributed by atoms with E-state index in [1.807, 2.05) is 32.9 Å². The summed E-state index contributed by atoms with van der Waals surface area (Å²) in [7, 11) is 0. The number of amides is 1. The topological polar surface area (TPSA) is 84.6 Å². The maximum absolute atomic E-state index is 12.1. The predicted octanol–water partition coefficient (Wildman–Crippen LogP) is 3.28. The molecule has 2 aromatic rings. The third-order valence-electron chi connectivity index (χ3n) is 3.44. The van der Waals surface area contributed by atoms with Gasteiger partial charge >= 0.3 is 0 Å². The summed E-state index contributed by atoms with van der Waals surface area (Å²) in [4.78, 5) is 22.4. The van der Waals surface area contributed by atoms with Crippen LogP contribution in [0.2, 0.25) is 0 Å². The molecule has 0 atom stereocenters. The predicted molar refractivity (Wildman–Crippen MR) is 88.8 cm³/mol. The number of benzene rings is 2. The number of para-hydroxylation sites is 1. The van der Waals surface area contributed by atoms with Crippen LogP contribution in [0.25, 0.3) is 0 Å². The van der Waals surface area contributed by atoms with Crippen LogP contribution in [-0.4, -0.2) is 17.0 Å². The smallest absolute Gasteiger partial charge is 0.267 e. The van der Waals surface area contributed by atoms with E-state index < -0.39 is 10.8 Å². The van der Waals surface area contributed by atoms with E-state index >= 15 is 0 Å². The molecule has 118 valence electrons. The Morgan fingerprint density at radius 1 is 1.17 bits per heavy atom. The number of nitrogens with one attached hydrogen (secondary N) is 1. The summed E-state index contributed by atoms with van der Waals surface area (Å²) in [5.41, 5.74) is 6.23.